The van der Waals surface area contributed by atoms with E-state index in [4.69, 9.17) is 9.84 Å². The molecule has 0 radical (unpaired) electrons. The average Bonchev–Trinajstić information content (AvgIpc) is 2.22. The molecule has 0 aromatic carbocycles. The van der Waals surface area contributed by atoms with E-state index in [9.17, 15) is 4.79 Å². The lowest BCUT2D eigenvalue weighted by atomic mass is 10.1. The van der Waals surface area contributed by atoms with Gasteiger partial charge < -0.3 is 9.84 Å². The van der Waals surface area contributed by atoms with Crippen molar-refractivity contribution in [2.24, 2.45) is 5.92 Å². The SMILES string of the molecule is O=C1OC2CC(O)C1C2. The van der Waals surface area contributed by atoms with Crippen LogP contribution in [-0.4, -0.2) is 23.3 Å². The molecule has 3 heteroatoms. The van der Waals surface area contributed by atoms with Crippen LogP contribution in [0.3, 0.4) is 0 Å². The second-order valence-corrected chi connectivity index (χ2v) is 2.70. The van der Waals surface area contributed by atoms with Crippen LogP contribution in [0.25, 0.3) is 0 Å². The second kappa shape index (κ2) is 1.48. The Morgan fingerprint density at radius 1 is 1.56 bits per heavy atom. The zero-order chi connectivity index (χ0) is 6.43. The molecule has 0 spiro atoms. The van der Waals surface area contributed by atoms with Crippen molar-refractivity contribution in [3.63, 3.8) is 0 Å². The lowest BCUT2D eigenvalue weighted by Crippen LogP contribution is -2.26. The molecular weight excluding hydrogens is 120 g/mol. The molecule has 1 aliphatic heterocycles. The molecule has 3 atom stereocenters. The zero-order valence-electron chi connectivity index (χ0n) is 4.91. The van der Waals surface area contributed by atoms with E-state index in [1.165, 1.54) is 0 Å². The van der Waals surface area contributed by atoms with Crippen molar-refractivity contribution in [2.45, 2.75) is 25.0 Å². The van der Waals surface area contributed by atoms with E-state index < -0.39 is 6.10 Å². The highest BCUT2D eigenvalue weighted by molar-refractivity contribution is 5.76. The van der Waals surface area contributed by atoms with Gasteiger partial charge in [-0.15, -0.1) is 0 Å². The van der Waals surface area contributed by atoms with Crippen molar-refractivity contribution in [2.75, 3.05) is 0 Å². The molecule has 1 aliphatic carbocycles. The van der Waals surface area contributed by atoms with Gasteiger partial charge in [-0.3, -0.25) is 4.79 Å². The van der Waals surface area contributed by atoms with Crippen LogP contribution in [-0.2, 0) is 9.53 Å². The fraction of sp³-hybridized carbons (Fsp3) is 0.833. The Labute approximate surface area is 52.6 Å². The van der Waals surface area contributed by atoms with Gasteiger partial charge in [-0.05, 0) is 0 Å². The maximum absolute atomic E-state index is 10.7. The maximum Gasteiger partial charge on any atom is 0.311 e. The van der Waals surface area contributed by atoms with Gasteiger partial charge in [0.2, 0.25) is 0 Å². The maximum atomic E-state index is 10.7. The minimum atomic E-state index is -0.420. The summed E-state index contributed by atoms with van der Waals surface area (Å²) in [6, 6.07) is 0. The largest absolute Gasteiger partial charge is 0.462 e. The van der Waals surface area contributed by atoms with E-state index in [1.54, 1.807) is 0 Å². The number of hydrogen-bond acceptors (Lipinski definition) is 3. The van der Waals surface area contributed by atoms with Crippen molar-refractivity contribution >= 4 is 5.97 Å². The van der Waals surface area contributed by atoms with Gasteiger partial charge in [-0.1, -0.05) is 0 Å². The molecular formula is C6H8O3. The first kappa shape index (κ1) is 5.23. The summed E-state index contributed by atoms with van der Waals surface area (Å²) < 4.78 is 4.83. The third kappa shape index (κ3) is 0.580. The Hall–Kier alpha value is -0.570. The number of rotatable bonds is 0. The Balaban J connectivity index is 2.21. The number of fused-ring (bicyclic) bond motifs is 2. The summed E-state index contributed by atoms with van der Waals surface area (Å²) in [6.07, 6.45) is 0.991. The molecule has 1 heterocycles. The number of hydrogen-bond donors (Lipinski definition) is 1. The summed E-state index contributed by atoms with van der Waals surface area (Å²) in [4.78, 5) is 10.7. The molecule has 1 saturated heterocycles. The summed E-state index contributed by atoms with van der Waals surface area (Å²) in [7, 11) is 0. The predicted octanol–water partition coefficient (Wildman–Crippen LogP) is -0.317. The van der Waals surface area contributed by atoms with Crippen molar-refractivity contribution in [3.8, 4) is 0 Å². The van der Waals surface area contributed by atoms with Crippen molar-refractivity contribution in [3.05, 3.63) is 0 Å². The fourth-order valence-electron chi connectivity index (χ4n) is 1.57. The van der Waals surface area contributed by atoms with Crippen molar-refractivity contribution in [1.82, 2.24) is 0 Å². The van der Waals surface area contributed by atoms with Crippen LogP contribution in [0.1, 0.15) is 12.8 Å². The van der Waals surface area contributed by atoms with E-state index in [2.05, 4.69) is 0 Å². The molecule has 2 fully saturated rings. The number of aliphatic hydroxyl groups is 1. The second-order valence-electron chi connectivity index (χ2n) is 2.70. The summed E-state index contributed by atoms with van der Waals surface area (Å²) in [5, 5.41) is 9.09. The Morgan fingerprint density at radius 3 is 2.67 bits per heavy atom. The van der Waals surface area contributed by atoms with E-state index in [1.807, 2.05) is 0 Å². The van der Waals surface area contributed by atoms with Gasteiger partial charge in [0.05, 0.1) is 12.0 Å². The van der Waals surface area contributed by atoms with Crippen LogP contribution in [0.15, 0.2) is 0 Å². The molecule has 0 aromatic rings. The van der Waals surface area contributed by atoms with Gasteiger partial charge in [-0.2, -0.15) is 0 Å². The summed E-state index contributed by atoms with van der Waals surface area (Å²) in [5.74, 6) is -0.409. The minimum absolute atomic E-state index is 0.0255. The number of carbonyl (C=O) groups excluding carboxylic acids is 1. The Kier molecular flexibility index (Phi) is 0.858. The first-order valence-corrected chi connectivity index (χ1v) is 3.16. The highest BCUT2D eigenvalue weighted by atomic mass is 16.6. The van der Waals surface area contributed by atoms with Gasteiger partial charge in [0.1, 0.15) is 6.10 Å². The molecule has 2 bridgehead atoms. The normalized spacial score (nSPS) is 47.7. The first-order chi connectivity index (χ1) is 4.27. The molecule has 1 saturated carbocycles. The van der Waals surface area contributed by atoms with Crippen LogP contribution < -0.4 is 0 Å². The molecule has 2 aliphatic rings. The molecule has 9 heavy (non-hydrogen) atoms. The molecule has 50 valence electrons. The minimum Gasteiger partial charge on any atom is -0.462 e. The third-order valence-corrected chi connectivity index (χ3v) is 2.07. The van der Waals surface area contributed by atoms with Gasteiger partial charge in [0, 0.05) is 12.8 Å². The monoisotopic (exact) mass is 128 g/mol. The number of ether oxygens (including phenoxy) is 1. The molecule has 0 amide bonds. The van der Waals surface area contributed by atoms with Crippen molar-refractivity contribution < 1.29 is 14.6 Å². The van der Waals surface area contributed by atoms with E-state index in [0.29, 0.717) is 6.42 Å². The van der Waals surface area contributed by atoms with E-state index in [0.717, 1.165) is 6.42 Å². The number of carbonyl (C=O) groups is 1. The topological polar surface area (TPSA) is 46.5 Å². The predicted molar refractivity (Wildman–Crippen MR) is 28.6 cm³/mol. The number of aliphatic hydroxyl groups excluding tert-OH is 1. The van der Waals surface area contributed by atoms with Crippen LogP contribution in [0, 0.1) is 5.92 Å². The highest BCUT2D eigenvalue weighted by Gasteiger charge is 2.46. The van der Waals surface area contributed by atoms with Crippen molar-refractivity contribution in [1.29, 1.82) is 0 Å². The van der Waals surface area contributed by atoms with Gasteiger partial charge in [0.15, 0.2) is 0 Å². The molecule has 3 nitrogen and oxygen atoms in total. The number of esters is 1. The van der Waals surface area contributed by atoms with Crippen LogP contribution in [0.5, 0.6) is 0 Å². The quantitative estimate of drug-likeness (QED) is 0.455. The van der Waals surface area contributed by atoms with Crippen LogP contribution >= 0.6 is 0 Å². The standard InChI is InChI=1S/C6H8O3/c7-5-2-3-1-4(5)6(8)9-3/h3-5,7H,1-2H2. The van der Waals surface area contributed by atoms with Gasteiger partial charge >= 0.3 is 5.97 Å². The molecule has 1 N–H and O–H groups in total. The third-order valence-electron chi connectivity index (χ3n) is 2.07. The molecule has 0 aromatic heterocycles. The summed E-state index contributed by atoms with van der Waals surface area (Å²) in [6.45, 7) is 0. The zero-order valence-corrected chi connectivity index (χ0v) is 4.91. The Bertz CT molecular complexity index is 154. The lowest BCUT2D eigenvalue weighted by molar-refractivity contribution is -0.152. The molecule has 2 rings (SSSR count). The Morgan fingerprint density at radius 2 is 2.33 bits per heavy atom. The van der Waals surface area contributed by atoms with Crippen LogP contribution in [0.2, 0.25) is 0 Å². The van der Waals surface area contributed by atoms with E-state index in [-0.39, 0.29) is 18.0 Å². The average molecular weight is 128 g/mol. The van der Waals surface area contributed by atoms with E-state index >= 15 is 0 Å². The lowest BCUT2D eigenvalue weighted by Gasteiger charge is -2.14. The first-order valence-electron chi connectivity index (χ1n) is 3.16. The summed E-state index contributed by atoms with van der Waals surface area (Å²) in [5.41, 5.74) is 0. The fourth-order valence-corrected chi connectivity index (χ4v) is 1.57. The summed E-state index contributed by atoms with van der Waals surface area (Å²) >= 11 is 0. The van der Waals surface area contributed by atoms with Crippen LogP contribution in [0.4, 0.5) is 0 Å². The van der Waals surface area contributed by atoms with Gasteiger partial charge in [0.25, 0.3) is 0 Å². The smallest absolute Gasteiger partial charge is 0.311 e. The van der Waals surface area contributed by atoms with Gasteiger partial charge in [-0.25, -0.2) is 0 Å². The highest BCUT2D eigenvalue weighted by Crippen LogP contribution is 2.36. The molecule has 3 unspecified atom stereocenters.